The molecular formula is C19H20ClFN2O5. The zero-order valence-corrected chi connectivity index (χ0v) is 16.1. The summed E-state index contributed by atoms with van der Waals surface area (Å²) >= 11 is 5.96. The molecule has 2 N–H and O–H groups in total. The second kappa shape index (κ2) is 8.97. The molecule has 1 heterocycles. The van der Waals surface area contributed by atoms with E-state index in [0.29, 0.717) is 15.8 Å². The first kappa shape index (κ1) is 21.6. The molecule has 7 nitrogen and oxygen atoms in total. The van der Waals surface area contributed by atoms with Crippen LogP contribution in [0, 0.1) is 5.92 Å². The van der Waals surface area contributed by atoms with Crippen LogP contribution in [0.25, 0.3) is 10.8 Å². The Morgan fingerprint density at radius 2 is 1.93 bits per heavy atom. The number of ketones is 1. The van der Waals surface area contributed by atoms with E-state index < -0.39 is 48.4 Å². The maximum Gasteiger partial charge on any atom is 0.305 e. The highest BCUT2D eigenvalue weighted by Crippen LogP contribution is 2.21. The van der Waals surface area contributed by atoms with Gasteiger partial charge in [-0.2, -0.15) is 0 Å². The maximum atomic E-state index is 12.9. The smallest absolute Gasteiger partial charge is 0.305 e. The van der Waals surface area contributed by atoms with Crippen LogP contribution in [-0.2, 0) is 14.4 Å². The summed E-state index contributed by atoms with van der Waals surface area (Å²) in [6.07, 6.45) is 0.702. The number of aromatic nitrogens is 1. The lowest BCUT2D eigenvalue weighted by Gasteiger charge is -2.25. The molecule has 0 fully saturated rings. The summed E-state index contributed by atoms with van der Waals surface area (Å²) in [5.41, 5.74) is -0.458. The molecule has 0 aliphatic heterocycles. The molecule has 0 saturated carbocycles. The van der Waals surface area contributed by atoms with Gasteiger partial charge in [-0.1, -0.05) is 31.5 Å². The largest absolute Gasteiger partial charge is 0.481 e. The third-order valence-corrected chi connectivity index (χ3v) is 4.55. The monoisotopic (exact) mass is 410 g/mol. The Hall–Kier alpha value is -2.74. The second-order valence-corrected chi connectivity index (χ2v) is 7.14. The highest BCUT2D eigenvalue weighted by Gasteiger charge is 2.30. The van der Waals surface area contributed by atoms with Gasteiger partial charge in [0.15, 0.2) is 5.78 Å². The van der Waals surface area contributed by atoms with Gasteiger partial charge in [-0.15, -0.1) is 0 Å². The van der Waals surface area contributed by atoms with Gasteiger partial charge in [0.05, 0.1) is 6.42 Å². The number of carboxylic acid groups (broad SMARTS) is 1. The van der Waals surface area contributed by atoms with Crippen LogP contribution in [0.4, 0.5) is 4.39 Å². The van der Waals surface area contributed by atoms with E-state index >= 15 is 0 Å². The minimum Gasteiger partial charge on any atom is -0.481 e. The lowest BCUT2D eigenvalue weighted by atomic mass is 10.0. The molecule has 150 valence electrons. The van der Waals surface area contributed by atoms with E-state index in [0.717, 1.165) is 0 Å². The number of hydrogen-bond acceptors (Lipinski definition) is 4. The zero-order valence-electron chi connectivity index (χ0n) is 15.3. The molecule has 2 aromatic rings. The van der Waals surface area contributed by atoms with Crippen molar-refractivity contribution in [3.05, 3.63) is 45.8 Å². The van der Waals surface area contributed by atoms with Crippen molar-refractivity contribution in [1.29, 1.82) is 0 Å². The Morgan fingerprint density at radius 3 is 2.50 bits per heavy atom. The molecule has 0 aliphatic carbocycles. The van der Waals surface area contributed by atoms with Gasteiger partial charge >= 0.3 is 5.97 Å². The SMILES string of the molecule is CC(C)C(C(=O)N[C@@H](CC(=O)O)C(=O)CF)n1ccc2ccc(Cl)cc2c1=O. The summed E-state index contributed by atoms with van der Waals surface area (Å²) in [6, 6.07) is 3.92. The Bertz CT molecular complexity index is 972. The van der Waals surface area contributed by atoms with E-state index in [1.165, 1.54) is 16.8 Å². The van der Waals surface area contributed by atoms with Crippen molar-refractivity contribution in [3.63, 3.8) is 0 Å². The van der Waals surface area contributed by atoms with Crippen molar-refractivity contribution in [3.8, 4) is 0 Å². The highest BCUT2D eigenvalue weighted by atomic mass is 35.5. The molecule has 0 saturated heterocycles. The van der Waals surface area contributed by atoms with E-state index in [1.807, 2.05) is 0 Å². The topological polar surface area (TPSA) is 105 Å². The number of carboxylic acids is 1. The van der Waals surface area contributed by atoms with Crippen LogP contribution in [0.2, 0.25) is 5.02 Å². The first-order valence-electron chi connectivity index (χ1n) is 8.57. The molecule has 9 heteroatoms. The average molecular weight is 411 g/mol. The minimum absolute atomic E-state index is 0.315. The number of nitrogens with one attached hydrogen (secondary N) is 1. The molecular weight excluding hydrogens is 391 g/mol. The molecule has 2 rings (SSSR count). The first-order valence-corrected chi connectivity index (χ1v) is 8.94. The van der Waals surface area contributed by atoms with Crippen LogP contribution in [-0.4, -0.2) is 40.0 Å². The maximum absolute atomic E-state index is 12.9. The van der Waals surface area contributed by atoms with Crippen LogP contribution in [0.15, 0.2) is 35.3 Å². The number of aliphatic carboxylic acids is 1. The van der Waals surface area contributed by atoms with E-state index in [1.54, 1.807) is 32.0 Å². The van der Waals surface area contributed by atoms with Crippen molar-refractivity contribution in [2.24, 2.45) is 5.92 Å². The lowest BCUT2D eigenvalue weighted by molar-refractivity contribution is -0.140. The Kier molecular flexibility index (Phi) is 6.90. The normalized spacial score (nSPS) is 13.3. The predicted octanol–water partition coefficient (Wildman–Crippen LogP) is 2.35. The number of rotatable bonds is 8. The number of hydrogen-bond donors (Lipinski definition) is 2. The fourth-order valence-electron chi connectivity index (χ4n) is 2.97. The van der Waals surface area contributed by atoms with Gasteiger partial charge in [-0.05, 0) is 29.5 Å². The average Bonchev–Trinajstić information content (AvgIpc) is 2.62. The number of alkyl halides is 1. The summed E-state index contributed by atoms with van der Waals surface area (Å²) < 4.78 is 13.9. The van der Waals surface area contributed by atoms with Gasteiger partial charge in [-0.25, -0.2) is 4.39 Å². The molecule has 0 spiro atoms. The van der Waals surface area contributed by atoms with E-state index in [-0.39, 0.29) is 5.92 Å². The number of nitrogens with zero attached hydrogens (tertiary/aromatic N) is 1. The third kappa shape index (κ3) is 4.75. The van der Waals surface area contributed by atoms with Gasteiger partial charge < -0.3 is 15.0 Å². The van der Waals surface area contributed by atoms with Crippen molar-refractivity contribution >= 4 is 40.0 Å². The summed E-state index contributed by atoms with van der Waals surface area (Å²) in [6.45, 7) is 1.99. The van der Waals surface area contributed by atoms with Crippen LogP contribution >= 0.6 is 11.6 Å². The van der Waals surface area contributed by atoms with Crippen molar-refractivity contribution in [2.45, 2.75) is 32.4 Å². The molecule has 1 aromatic heterocycles. The second-order valence-electron chi connectivity index (χ2n) is 6.71. The molecule has 1 unspecified atom stereocenters. The van der Waals surface area contributed by atoms with Gasteiger partial charge in [0.25, 0.3) is 5.56 Å². The Morgan fingerprint density at radius 1 is 1.25 bits per heavy atom. The number of fused-ring (bicyclic) bond motifs is 1. The highest BCUT2D eigenvalue weighted by molar-refractivity contribution is 6.31. The fraction of sp³-hybridized carbons (Fsp3) is 0.368. The van der Waals surface area contributed by atoms with Crippen molar-refractivity contribution < 1.29 is 23.9 Å². The van der Waals surface area contributed by atoms with Gasteiger partial charge in [0.1, 0.15) is 18.8 Å². The molecule has 0 aliphatic rings. The molecule has 0 bridgehead atoms. The fourth-order valence-corrected chi connectivity index (χ4v) is 3.14. The molecule has 2 atom stereocenters. The van der Waals surface area contributed by atoms with Gasteiger partial charge in [0, 0.05) is 16.6 Å². The van der Waals surface area contributed by atoms with Crippen molar-refractivity contribution in [2.75, 3.05) is 6.67 Å². The van der Waals surface area contributed by atoms with E-state index in [9.17, 15) is 23.6 Å². The summed E-state index contributed by atoms with van der Waals surface area (Å²) in [4.78, 5) is 48.3. The standard InChI is InChI=1S/C19H20ClFN2O5/c1-10(2)17(18(27)22-14(8-16(25)26)15(24)9-21)23-6-5-11-3-4-12(20)7-13(11)19(23)28/h3-7,10,14,17H,8-9H2,1-2H3,(H,22,27)(H,25,26)/t14-,17?/m0/s1. The van der Waals surface area contributed by atoms with Crippen LogP contribution in [0.3, 0.4) is 0 Å². The number of halogens is 2. The first-order chi connectivity index (χ1) is 13.1. The third-order valence-electron chi connectivity index (χ3n) is 4.31. The van der Waals surface area contributed by atoms with E-state index in [2.05, 4.69) is 5.32 Å². The van der Waals surface area contributed by atoms with Gasteiger partial charge in [0.2, 0.25) is 5.91 Å². The van der Waals surface area contributed by atoms with Gasteiger partial charge in [-0.3, -0.25) is 19.2 Å². The van der Waals surface area contributed by atoms with E-state index in [4.69, 9.17) is 16.7 Å². The number of carbonyl (C=O) groups is 3. The molecule has 1 amide bonds. The summed E-state index contributed by atoms with van der Waals surface area (Å²) in [5, 5.41) is 12.5. The zero-order chi connectivity index (χ0) is 21.0. The molecule has 0 radical (unpaired) electrons. The number of Topliss-reactive ketones (excluding diaryl/α,β-unsaturated/α-hetero) is 1. The number of pyridine rings is 1. The van der Waals surface area contributed by atoms with Crippen LogP contribution in [0.5, 0.6) is 0 Å². The predicted molar refractivity (Wildman–Crippen MR) is 102 cm³/mol. The number of benzene rings is 1. The van der Waals surface area contributed by atoms with Crippen LogP contribution < -0.4 is 10.9 Å². The summed E-state index contributed by atoms with van der Waals surface area (Å²) in [5.74, 6) is -3.52. The Labute approximate surface area is 165 Å². The van der Waals surface area contributed by atoms with Crippen molar-refractivity contribution in [1.82, 2.24) is 9.88 Å². The molecule has 28 heavy (non-hydrogen) atoms. The Balaban J connectivity index is 2.44. The minimum atomic E-state index is -1.51. The lowest BCUT2D eigenvalue weighted by Crippen LogP contribution is -2.48. The molecule has 1 aromatic carbocycles. The quantitative estimate of drug-likeness (QED) is 0.695. The number of carbonyl (C=O) groups excluding carboxylic acids is 2. The van der Waals surface area contributed by atoms with Crippen LogP contribution in [0.1, 0.15) is 26.3 Å². The number of amides is 1. The summed E-state index contributed by atoms with van der Waals surface area (Å²) in [7, 11) is 0.